The van der Waals surface area contributed by atoms with E-state index in [0.717, 1.165) is 0 Å². The maximum atomic E-state index is 12.4. The molecule has 0 aliphatic heterocycles. The highest BCUT2D eigenvalue weighted by atomic mass is 19.4. The summed E-state index contributed by atoms with van der Waals surface area (Å²) in [5.74, 6) is -0.287. The Kier molecular flexibility index (Phi) is 7.87. The fourth-order valence-corrected chi connectivity index (χ4v) is 1.75. The number of guanidine groups is 1. The van der Waals surface area contributed by atoms with Crippen molar-refractivity contribution < 1.29 is 27.4 Å². The lowest BCUT2D eigenvalue weighted by Gasteiger charge is -2.13. The van der Waals surface area contributed by atoms with Crippen LogP contribution in [0.15, 0.2) is 29.3 Å². The largest absolute Gasteiger partial charge is 0.573 e. The minimum atomic E-state index is -4.76. The van der Waals surface area contributed by atoms with Gasteiger partial charge in [0.2, 0.25) is 0 Å². The molecule has 0 unspecified atom stereocenters. The van der Waals surface area contributed by atoms with E-state index in [1.54, 1.807) is 6.07 Å². The highest BCUT2D eigenvalue weighted by molar-refractivity contribution is 5.80. The minimum absolute atomic E-state index is 0.0141. The molecule has 1 aromatic carbocycles. The summed E-state index contributed by atoms with van der Waals surface area (Å²) in [4.78, 5) is 15.3. The summed E-state index contributed by atoms with van der Waals surface area (Å²) < 4.78 is 45.7. The molecule has 0 saturated heterocycles. The zero-order valence-corrected chi connectivity index (χ0v) is 13.4. The molecule has 0 fully saturated rings. The van der Waals surface area contributed by atoms with Gasteiger partial charge in [0.25, 0.3) is 0 Å². The van der Waals surface area contributed by atoms with Crippen molar-refractivity contribution in [3.63, 3.8) is 0 Å². The highest BCUT2D eigenvalue weighted by Crippen LogP contribution is 2.26. The van der Waals surface area contributed by atoms with Gasteiger partial charge in [-0.05, 0) is 13.0 Å². The van der Waals surface area contributed by atoms with E-state index in [4.69, 9.17) is 0 Å². The highest BCUT2D eigenvalue weighted by Gasteiger charge is 2.31. The number of nitrogens with zero attached hydrogens (tertiary/aromatic N) is 1. The lowest BCUT2D eigenvalue weighted by atomic mass is 10.2. The molecule has 1 aromatic rings. The smallest absolute Gasteiger partial charge is 0.469 e. The van der Waals surface area contributed by atoms with Gasteiger partial charge in [-0.3, -0.25) is 4.79 Å². The fourth-order valence-electron chi connectivity index (χ4n) is 1.75. The Morgan fingerprint density at radius 2 is 1.96 bits per heavy atom. The maximum absolute atomic E-state index is 12.4. The van der Waals surface area contributed by atoms with Gasteiger partial charge in [0.05, 0.1) is 20.1 Å². The number of nitrogens with one attached hydrogen (secondary N) is 2. The summed E-state index contributed by atoms with van der Waals surface area (Å²) >= 11 is 0. The Hall–Kier alpha value is -2.45. The quantitative estimate of drug-likeness (QED) is 0.449. The molecule has 0 aromatic heterocycles. The number of halogens is 3. The molecule has 0 aliphatic carbocycles. The molecule has 6 nitrogen and oxygen atoms in total. The molecular weight excluding hydrogens is 327 g/mol. The van der Waals surface area contributed by atoms with E-state index in [1.165, 1.54) is 25.3 Å². The first-order chi connectivity index (χ1) is 11.4. The van der Waals surface area contributed by atoms with Gasteiger partial charge in [-0.1, -0.05) is 18.2 Å². The van der Waals surface area contributed by atoms with E-state index >= 15 is 0 Å². The van der Waals surface area contributed by atoms with E-state index in [0.29, 0.717) is 24.6 Å². The number of ether oxygens (including phenoxy) is 2. The fraction of sp³-hybridized carbons (Fsp3) is 0.467. The first kappa shape index (κ1) is 19.6. The van der Waals surface area contributed by atoms with Crippen LogP contribution in [0.5, 0.6) is 5.75 Å². The lowest BCUT2D eigenvalue weighted by molar-refractivity contribution is -0.274. The number of hydrogen-bond donors (Lipinski definition) is 2. The molecule has 2 N–H and O–H groups in total. The van der Waals surface area contributed by atoms with E-state index in [2.05, 4.69) is 25.1 Å². The summed E-state index contributed by atoms with van der Waals surface area (Å²) in [5.41, 5.74) is 0.292. The second-order valence-electron chi connectivity index (χ2n) is 4.60. The van der Waals surface area contributed by atoms with Gasteiger partial charge in [0, 0.05) is 18.7 Å². The third-order valence-electron chi connectivity index (χ3n) is 2.80. The standard InChI is InChI=1S/C15H20F3N3O3/c1-3-19-14(20-9-8-13(22)23-2)21-10-11-6-4-5-7-12(11)24-15(16,17)18/h4-7H,3,8-10H2,1-2H3,(H2,19,20,21). The number of rotatable bonds is 7. The Morgan fingerprint density at radius 1 is 1.25 bits per heavy atom. The van der Waals surface area contributed by atoms with Crippen LogP contribution in [0.1, 0.15) is 18.9 Å². The van der Waals surface area contributed by atoms with Crippen LogP contribution >= 0.6 is 0 Å². The Bertz CT molecular complexity index is 562. The molecular formula is C15H20F3N3O3. The summed E-state index contributed by atoms with van der Waals surface area (Å²) in [7, 11) is 1.29. The molecule has 0 heterocycles. The van der Waals surface area contributed by atoms with Gasteiger partial charge in [0.15, 0.2) is 5.96 Å². The summed E-state index contributed by atoms with van der Waals surface area (Å²) in [6.45, 7) is 2.68. The zero-order chi connectivity index (χ0) is 18.0. The first-order valence-electron chi connectivity index (χ1n) is 7.28. The van der Waals surface area contributed by atoms with Crippen molar-refractivity contribution in [1.82, 2.24) is 10.6 Å². The number of esters is 1. The minimum Gasteiger partial charge on any atom is -0.469 e. The van der Waals surface area contributed by atoms with Crippen molar-refractivity contribution in [3.05, 3.63) is 29.8 Å². The Labute approximate surface area is 138 Å². The van der Waals surface area contributed by atoms with Crippen molar-refractivity contribution in [2.45, 2.75) is 26.3 Å². The molecule has 0 radical (unpaired) electrons. The van der Waals surface area contributed by atoms with Crippen molar-refractivity contribution in [1.29, 1.82) is 0 Å². The van der Waals surface area contributed by atoms with Crippen LogP contribution in [0.3, 0.4) is 0 Å². The topological polar surface area (TPSA) is 72.0 Å². The monoisotopic (exact) mass is 347 g/mol. The molecule has 0 atom stereocenters. The molecule has 0 bridgehead atoms. The number of carbonyl (C=O) groups is 1. The van der Waals surface area contributed by atoms with E-state index in [9.17, 15) is 18.0 Å². The van der Waals surface area contributed by atoms with Gasteiger partial charge in [-0.15, -0.1) is 13.2 Å². The maximum Gasteiger partial charge on any atom is 0.573 e. The molecule has 0 amide bonds. The number of carbonyl (C=O) groups excluding carboxylic acids is 1. The van der Waals surface area contributed by atoms with Crippen LogP contribution in [0.4, 0.5) is 13.2 Å². The summed E-state index contributed by atoms with van der Waals surface area (Å²) in [6.07, 6.45) is -4.61. The number of methoxy groups -OCH3 is 1. The van der Waals surface area contributed by atoms with Crippen molar-refractivity contribution in [3.8, 4) is 5.75 Å². The van der Waals surface area contributed by atoms with E-state index in [1.807, 2.05) is 6.92 Å². The number of benzene rings is 1. The number of hydrogen-bond acceptors (Lipinski definition) is 4. The summed E-state index contributed by atoms with van der Waals surface area (Å²) in [6, 6.07) is 5.79. The lowest BCUT2D eigenvalue weighted by Crippen LogP contribution is -2.38. The van der Waals surface area contributed by atoms with Crippen LogP contribution in [0, 0.1) is 0 Å². The SMILES string of the molecule is CCNC(=NCc1ccccc1OC(F)(F)F)NCCC(=O)OC. The van der Waals surface area contributed by atoms with Gasteiger partial charge >= 0.3 is 12.3 Å². The zero-order valence-electron chi connectivity index (χ0n) is 13.4. The molecule has 0 saturated carbocycles. The number of aliphatic imine (C=N–C) groups is 1. The molecule has 134 valence electrons. The average molecular weight is 347 g/mol. The van der Waals surface area contributed by atoms with Crippen LogP contribution in [-0.4, -0.2) is 38.5 Å². The third-order valence-corrected chi connectivity index (χ3v) is 2.80. The van der Waals surface area contributed by atoms with Crippen molar-refractivity contribution in [2.75, 3.05) is 20.2 Å². The molecule has 0 spiro atoms. The van der Waals surface area contributed by atoms with Gasteiger partial charge in [-0.25, -0.2) is 4.99 Å². The van der Waals surface area contributed by atoms with Gasteiger partial charge < -0.3 is 20.1 Å². The predicted molar refractivity (Wildman–Crippen MR) is 82.6 cm³/mol. The molecule has 1 rings (SSSR count). The van der Waals surface area contributed by atoms with Gasteiger partial charge in [-0.2, -0.15) is 0 Å². The van der Waals surface area contributed by atoms with E-state index < -0.39 is 6.36 Å². The Morgan fingerprint density at radius 3 is 2.58 bits per heavy atom. The second-order valence-corrected chi connectivity index (χ2v) is 4.60. The van der Waals surface area contributed by atoms with Crippen LogP contribution in [0.2, 0.25) is 0 Å². The number of para-hydroxylation sites is 1. The molecule has 0 aliphatic rings. The van der Waals surface area contributed by atoms with Gasteiger partial charge in [0.1, 0.15) is 5.75 Å². The first-order valence-corrected chi connectivity index (χ1v) is 7.28. The Balaban J connectivity index is 2.73. The normalized spacial score (nSPS) is 11.8. The van der Waals surface area contributed by atoms with E-state index in [-0.39, 0.29) is 24.7 Å². The average Bonchev–Trinajstić information content (AvgIpc) is 2.52. The van der Waals surface area contributed by atoms with Crippen LogP contribution in [0.25, 0.3) is 0 Å². The second kappa shape index (κ2) is 9.64. The van der Waals surface area contributed by atoms with Crippen LogP contribution in [-0.2, 0) is 16.1 Å². The predicted octanol–water partition coefficient (Wildman–Crippen LogP) is 2.20. The van der Waals surface area contributed by atoms with Crippen molar-refractivity contribution >= 4 is 11.9 Å². The van der Waals surface area contributed by atoms with Crippen molar-refractivity contribution in [2.24, 2.45) is 4.99 Å². The third kappa shape index (κ3) is 7.70. The van der Waals surface area contributed by atoms with Crippen LogP contribution < -0.4 is 15.4 Å². The number of alkyl halides is 3. The molecule has 9 heteroatoms. The summed E-state index contributed by atoms with van der Waals surface area (Å²) in [5, 5.41) is 5.83. The molecule has 24 heavy (non-hydrogen) atoms.